The molecule has 0 N–H and O–H groups in total. The zero-order valence-corrected chi connectivity index (χ0v) is 7.18. The van der Waals surface area contributed by atoms with Gasteiger partial charge in [-0.1, -0.05) is 19.8 Å². The number of carbonyl (C=O) groups excluding carboxylic acids is 1. The van der Waals surface area contributed by atoms with Gasteiger partial charge in [0.1, 0.15) is 6.29 Å². The van der Waals surface area contributed by atoms with Crippen molar-refractivity contribution in [1.29, 1.82) is 0 Å². The van der Waals surface area contributed by atoms with Crippen LogP contribution < -0.4 is 0 Å². The Bertz CT molecular complexity index is 176. The highest BCUT2D eigenvalue weighted by atomic mass is 16.1. The summed E-state index contributed by atoms with van der Waals surface area (Å²) in [7, 11) is 0. The molecule has 1 spiro atoms. The fraction of sp³-hybridized carbons (Fsp3) is 0.900. The van der Waals surface area contributed by atoms with Gasteiger partial charge in [-0.3, -0.25) is 0 Å². The van der Waals surface area contributed by atoms with E-state index in [9.17, 15) is 4.79 Å². The summed E-state index contributed by atoms with van der Waals surface area (Å²) in [6, 6.07) is 0. The molecule has 11 heavy (non-hydrogen) atoms. The van der Waals surface area contributed by atoms with E-state index >= 15 is 0 Å². The maximum atomic E-state index is 10.4. The maximum absolute atomic E-state index is 10.4. The summed E-state index contributed by atoms with van der Waals surface area (Å²) in [6.07, 6.45) is 7.78. The first-order chi connectivity index (χ1) is 5.33. The highest BCUT2D eigenvalue weighted by molar-refractivity contribution is 5.62. The van der Waals surface area contributed by atoms with Crippen LogP contribution in [0.5, 0.6) is 0 Å². The predicted octanol–water partition coefficient (Wildman–Crippen LogP) is 2.40. The molecule has 0 saturated heterocycles. The van der Waals surface area contributed by atoms with E-state index in [1.165, 1.54) is 38.4 Å². The third kappa shape index (κ3) is 1.02. The van der Waals surface area contributed by atoms with Gasteiger partial charge in [0, 0.05) is 5.92 Å². The van der Waals surface area contributed by atoms with Gasteiger partial charge < -0.3 is 4.79 Å². The second kappa shape index (κ2) is 2.33. The van der Waals surface area contributed by atoms with Crippen LogP contribution in [-0.2, 0) is 4.79 Å². The first-order valence-electron chi connectivity index (χ1n) is 4.79. The lowest BCUT2D eigenvalue weighted by atomic mass is 10.1. The molecule has 3 atom stereocenters. The van der Waals surface area contributed by atoms with Gasteiger partial charge in [-0.05, 0) is 30.6 Å². The molecule has 0 bridgehead atoms. The van der Waals surface area contributed by atoms with Crippen molar-refractivity contribution in [1.82, 2.24) is 0 Å². The van der Waals surface area contributed by atoms with Crippen molar-refractivity contribution in [3.05, 3.63) is 0 Å². The van der Waals surface area contributed by atoms with Crippen LogP contribution in [0.2, 0.25) is 0 Å². The zero-order chi connectivity index (χ0) is 7.90. The van der Waals surface area contributed by atoms with E-state index in [0.717, 1.165) is 5.92 Å². The Morgan fingerprint density at radius 2 is 2.36 bits per heavy atom. The van der Waals surface area contributed by atoms with Crippen molar-refractivity contribution >= 4 is 6.29 Å². The quantitative estimate of drug-likeness (QED) is 0.565. The van der Waals surface area contributed by atoms with Crippen molar-refractivity contribution in [3.63, 3.8) is 0 Å². The lowest BCUT2D eigenvalue weighted by Gasteiger charge is -1.93. The van der Waals surface area contributed by atoms with Crippen LogP contribution in [0.25, 0.3) is 0 Å². The minimum atomic E-state index is 0.462. The second-order valence-corrected chi connectivity index (χ2v) is 4.22. The smallest absolute Gasteiger partial charge is 0.123 e. The Kier molecular flexibility index (Phi) is 1.55. The van der Waals surface area contributed by atoms with E-state index in [0.29, 0.717) is 11.3 Å². The summed E-state index contributed by atoms with van der Waals surface area (Å²) in [6.45, 7) is 2.24. The van der Waals surface area contributed by atoms with Crippen LogP contribution in [-0.4, -0.2) is 6.29 Å². The lowest BCUT2D eigenvalue weighted by Crippen LogP contribution is -1.86. The molecule has 1 nitrogen and oxygen atoms in total. The molecule has 0 unspecified atom stereocenters. The third-order valence-electron chi connectivity index (χ3n) is 3.53. The summed E-state index contributed by atoms with van der Waals surface area (Å²) >= 11 is 0. The summed E-state index contributed by atoms with van der Waals surface area (Å²) in [5.41, 5.74) is 0.566. The van der Waals surface area contributed by atoms with Crippen molar-refractivity contribution in [2.24, 2.45) is 17.3 Å². The third-order valence-corrected chi connectivity index (χ3v) is 3.53. The molecule has 0 heterocycles. The molecule has 1 heteroatoms. The van der Waals surface area contributed by atoms with E-state index in [1.807, 2.05) is 0 Å². The van der Waals surface area contributed by atoms with Gasteiger partial charge in [0.15, 0.2) is 0 Å². The number of rotatable bonds is 4. The number of aldehydes is 1. The highest BCUT2D eigenvalue weighted by Crippen LogP contribution is 2.75. The van der Waals surface area contributed by atoms with E-state index in [2.05, 4.69) is 6.92 Å². The van der Waals surface area contributed by atoms with Crippen molar-refractivity contribution in [2.75, 3.05) is 0 Å². The Morgan fingerprint density at radius 1 is 1.55 bits per heavy atom. The van der Waals surface area contributed by atoms with Crippen LogP contribution in [0.15, 0.2) is 0 Å². The molecule has 0 radical (unpaired) electrons. The minimum absolute atomic E-state index is 0.462. The molecule has 0 aromatic carbocycles. The van der Waals surface area contributed by atoms with Crippen molar-refractivity contribution < 1.29 is 4.79 Å². The second-order valence-electron chi connectivity index (χ2n) is 4.22. The standard InChI is InChI=1S/C10H16O/c1-2-3-4-8-5-10(8)6-9(10)7-11/h7-9H,2-6H2,1H3/t8-,9-,10-/m1/s1. The lowest BCUT2D eigenvalue weighted by molar-refractivity contribution is -0.109. The summed E-state index contributed by atoms with van der Waals surface area (Å²) in [5.74, 6) is 1.39. The van der Waals surface area contributed by atoms with Crippen molar-refractivity contribution in [2.45, 2.75) is 39.0 Å². The normalized spacial score (nSPS) is 45.9. The SMILES string of the molecule is CCCC[C@@H]1C[C@@]12C[C@@H]2C=O. The minimum Gasteiger partial charge on any atom is -0.303 e. The molecule has 2 aliphatic rings. The molecule has 0 amide bonds. The van der Waals surface area contributed by atoms with Crippen LogP contribution in [0.4, 0.5) is 0 Å². The Balaban J connectivity index is 1.74. The maximum Gasteiger partial charge on any atom is 0.123 e. The molecular weight excluding hydrogens is 136 g/mol. The summed E-state index contributed by atoms with van der Waals surface area (Å²) in [5, 5.41) is 0. The molecule has 2 rings (SSSR count). The first kappa shape index (κ1) is 7.33. The van der Waals surface area contributed by atoms with Gasteiger partial charge >= 0.3 is 0 Å². The Morgan fingerprint density at radius 3 is 2.91 bits per heavy atom. The molecule has 2 saturated carbocycles. The molecule has 0 aromatic heterocycles. The van der Waals surface area contributed by atoms with Gasteiger partial charge in [-0.2, -0.15) is 0 Å². The Hall–Kier alpha value is -0.330. The molecule has 2 fully saturated rings. The topological polar surface area (TPSA) is 17.1 Å². The monoisotopic (exact) mass is 152 g/mol. The van der Waals surface area contributed by atoms with Crippen LogP contribution in [0.3, 0.4) is 0 Å². The fourth-order valence-electron chi connectivity index (χ4n) is 2.48. The molecule has 62 valence electrons. The molecule has 0 aliphatic heterocycles. The summed E-state index contributed by atoms with van der Waals surface area (Å²) in [4.78, 5) is 10.4. The molecular formula is C10H16O. The Labute approximate surface area is 68.2 Å². The first-order valence-corrected chi connectivity index (χ1v) is 4.79. The number of carbonyl (C=O) groups is 1. The van der Waals surface area contributed by atoms with E-state index < -0.39 is 0 Å². The van der Waals surface area contributed by atoms with Crippen molar-refractivity contribution in [3.8, 4) is 0 Å². The predicted molar refractivity (Wildman–Crippen MR) is 44.2 cm³/mol. The fourth-order valence-corrected chi connectivity index (χ4v) is 2.48. The summed E-state index contributed by atoms with van der Waals surface area (Å²) < 4.78 is 0. The zero-order valence-electron chi connectivity index (χ0n) is 7.18. The van der Waals surface area contributed by atoms with E-state index in [-0.39, 0.29) is 0 Å². The number of unbranched alkanes of at least 4 members (excludes halogenated alkanes) is 1. The van der Waals surface area contributed by atoms with Gasteiger partial charge in [0.25, 0.3) is 0 Å². The molecule has 2 aliphatic carbocycles. The average molecular weight is 152 g/mol. The van der Waals surface area contributed by atoms with Crippen LogP contribution in [0.1, 0.15) is 39.0 Å². The number of hydrogen-bond acceptors (Lipinski definition) is 1. The van der Waals surface area contributed by atoms with E-state index in [1.54, 1.807) is 0 Å². The van der Waals surface area contributed by atoms with Gasteiger partial charge in [0.2, 0.25) is 0 Å². The highest BCUT2D eigenvalue weighted by Gasteiger charge is 2.69. The van der Waals surface area contributed by atoms with Gasteiger partial charge in [-0.25, -0.2) is 0 Å². The van der Waals surface area contributed by atoms with Gasteiger partial charge in [-0.15, -0.1) is 0 Å². The van der Waals surface area contributed by atoms with E-state index in [4.69, 9.17) is 0 Å². The van der Waals surface area contributed by atoms with Gasteiger partial charge in [0.05, 0.1) is 0 Å². The average Bonchev–Trinajstić information content (AvgIpc) is 2.89. The molecule has 0 aromatic rings. The van der Waals surface area contributed by atoms with Crippen LogP contribution >= 0.6 is 0 Å². The van der Waals surface area contributed by atoms with Crippen LogP contribution in [0, 0.1) is 17.3 Å². The largest absolute Gasteiger partial charge is 0.303 e. The number of hydrogen-bond donors (Lipinski definition) is 0.